The number of allylic oxidation sites excluding steroid dienone is 3. The molecular formula is C19H20N4OS. The van der Waals surface area contributed by atoms with Crippen molar-refractivity contribution in [3.05, 3.63) is 41.8 Å². The van der Waals surface area contributed by atoms with Gasteiger partial charge in [-0.15, -0.1) is 0 Å². The predicted molar refractivity (Wildman–Crippen MR) is 99.6 cm³/mol. The van der Waals surface area contributed by atoms with E-state index in [2.05, 4.69) is 29.4 Å². The number of aliphatic imine (C=N–C) groups is 1. The molecule has 6 heteroatoms. The quantitative estimate of drug-likeness (QED) is 0.904. The van der Waals surface area contributed by atoms with Crippen molar-refractivity contribution in [1.29, 1.82) is 0 Å². The second-order valence-corrected chi connectivity index (χ2v) is 8.28. The average molecular weight is 352 g/mol. The molecule has 3 unspecified atom stereocenters. The van der Waals surface area contributed by atoms with E-state index < -0.39 is 0 Å². The highest BCUT2D eigenvalue weighted by molar-refractivity contribution is 8.01. The molecule has 1 N–H and O–H groups in total. The molecule has 2 aliphatic carbocycles. The van der Waals surface area contributed by atoms with E-state index in [1.54, 1.807) is 23.0 Å². The van der Waals surface area contributed by atoms with Gasteiger partial charge in [-0.1, -0.05) is 30.8 Å². The summed E-state index contributed by atoms with van der Waals surface area (Å²) in [5.41, 5.74) is 3.12. The molecule has 128 valence electrons. The van der Waals surface area contributed by atoms with E-state index >= 15 is 0 Å². The van der Waals surface area contributed by atoms with Crippen LogP contribution in [-0.2, 0) is 4.79 Å². The predicted octanol–water partition coefficient (Wildman–Crippen LogP) is 3.52. The molecule has 1 fully saturated rings. The third-order valence-corrected chi connectivity index (χ3v) is 6.37. The minimum atomic E-state index is -0.219. The normalized spacial score (nSPS) is 30.1. The van der Waals surface area contributed by atoms with E-state index in [4.69, 9.17) is 4.99 Å². The van der Waals surface area contributed by atoms with Gasteiger partial charge in [-0.2, -0.15) is 0 Å². The van der Waals surface area contributed by atoms with Crippen molar-refractivity contribution in [2.45, 2.75) is 48.5 Å². The SMILES string of the molecule is CC1C=CC(N2C=NC3c4c(NC5CC5)ccnc4SC3C2=O)=CC1. The Bertz CT molecular complexity index is 827. The lowest BCUT2D eigenvalue weighted by atomic mass is 9.99. The smallest absolute Gasteiger partial charge is 0.248 e. The van der Waals surface area contributed by atoms with Crippen LogP contribution in [0.4, 0.5) is 5.69 Å². The Morgan fingerprint density at radius 2 is 2.24 bits per heavy atom. The highest BCUT2D eigenvalue weighted by atomic mass is 32.2. The standard InChI is InChI=1S/C19H20N4OS/c1-11-2-6-13(7-3-11)23-10-21-16-15-14(22-12-4-5-12)8-9-20-18(15)25-17(16)19(23)24/h2,6-12,16-17H,3-5H2,1H3,(H,20,22). The second kappa shape index (κ2) is 5.73. The van der Waals surface area contributed by atoms with Crippen LogP contribution in [0.2, 0.25) is 0 Å². The van der Waals surface area contributed by atoms with Crippen LogP contribution in [0.3, 0.4) is 0 Å². The molecule has 3 atom stereocenters. The highest BCUT2D eigenvalue weighted by Gasteiger charge is 2.45. The molecule has 1 aromatic heterocycles. The maximum Gasteiger partial charge on any atom is 0.248 e. The Balaban J connectivity index is 1.46. The number of hydrogen-bond donors (Lipinski definition) is 1. The summed E-state index contributed by atoms with van der Waals surface area (Å²) >= 11 is 1.55. The lowest BCUT2D eigenvalue weighted by Gasteiger charge is -2.30. The first kappa shape index (κ1) is 15.2. The van der Waals surface area contributed by atoms with Gasteiger partial charge in [0.2, 0.25) is 5.91 Å². The molecule has 2 aliphatic heterocycles. The zero-order chi connectivity index (χ0) is 17.0. The van der Waals surface area contributed by atoms with Crippen molar-refractivity contribution in [1.82, 2.24) is 9.88 Å². The van der Waals surface area contributed by atoms with Crippen molar-refractivity contribution in [3.63, 3.8) is 0 Å². The fourth-order valence-corrected chi connectivity index (χ4v) is 4.77. The Labute approximate surface area is 151 Å². The van der Waals surface area contributed by atoms with Crippen molar-refractivity contribution in [2.75, 3.05) is 5.32 Å². The molecule has 0 spiro atoms. The van der Waals surface area contributed by atoms with Gasteiger partial charge in [0, 0.05) is 29.2 Å². The monoisotopic (exact) mass is 352 g/mol. The number of carbonyl (C=O) groups is 1. The molecule has 1 aromatic rings. The maximum absolute atomic E-state index is 13.1. The number of pyridine rings is 1. The van der Waals surface area contributed by atoms with Crippen LogP contribution in [0.1, 0.15) is 37.8 Å². The molecule has 0 bridgehead atoms. The maximum atomic E-state index is 13.1. The number of anilines is 1. The number of fused-ring (bicyclic) bond motifs is 3. The molecule has 0 radical (unpaired) electrons. The second-order valence-electron chi connectivity index (χ2n) is 7.15. The molecule has 5 rings (SSSR count). The van der Waals surface area contributed by atoms with Crippen LogP contribution in [0.25, 0.3) is 0 Å². The molecule has 5 nitrogen and oxygen atoms in total. The number of nitrogens with zero attached hydrogens (tertiary/aromatic N) is 3. The minimum absolute atomic E-state index is 0.103. The molecule has 3 heterocycles. The summed E-state index contributed by atoms with van der Waals surface area (Å²) in [4.78, 5) is 24.1. The lowest BCUT2D eigenvalue weighted by molar-refractivity contribution is -0.125. The first-order chi connectivity index (χ1) is 12.2. The number of nitrogens with one attached hydrogen (secondary N) is 1. The Morgan fingerprint density at radius 3 is 3.00 bits per heavy atom. The summed E-state index contributed by atoms with van der Waals surface area (Å²) in [5, 5.41) is 4.29. The molecule has 1 saturated carbocycles. The van der Waals surface area contributed by atoms with Crippen LogP contribution in [0.5, 0.6) is 0 Å². The van der Waals surface area contributed by atoms with Crippen molar-refractivity contribution < 1.29 is 4.79 Å². The van der Waals surface area contributed by atoms with Gasteiger partial charge in [0.05, 0.1) is 6.34 Å². The molecule has 0 saturated heterocycles. The van der Waals surface area contributed by atoms with Crippen LogP contribution < -0.4 is 5.32 Å². The van der Waals surface area contributed by atoms with Gasteiger partial charge in [0.15, 0.2) is 0 Å². The Kier molecular flexibility index (Phi) is 3.48. The van der Waals surface area contributed by atoms with Gasteiger partial charge >= 0.3 is 0 Å². The number of aromatic nitrogens is 1. The number of hydrogen-bond acceptors (Lipinski definition) is 5. The van der Waals surface area contributed by atoms with Gasteiger partial charge in [-0.05, 0) is 37.3 Å². The Morgan fingerprint density at radius 1 is 1.36 bits per heavy atom. The largest absolute Gasteiger partial charge is 0.382 e. The van der Waals surface area contributed by atoms with Crippen LogP contribution >= 0.6 is 11.8 Å². The van der Waals surface area contributed by atoms with E-state index in [0.717, 1.165) is 28.4 Å². The third kappa shape index (κ3) is 2.59. The fraction of sp³-hybridized carbons (Fsp3) is 0.421. The minimum Gasteiger partial charge on any atom is -0.382 e. The van der Waals surface area contributed by atoms with Crippen LogP contribution in [0, 0.1) is 5.92 Å². The first-order valence-electron chi connectivity index (χ1n) is 8.87. The molecular weight excluding hydrogens is 332 g/mol. The summed E-state index contributed by atoms with van der Waals surface area (Å²) in [7, 11) is 0. The van der Waals surface area contributed by atoms with Gasteiger partial charge in [0.25, 0.3) is 0 Å². The molecule has 25 heavy (non-hydrogen) atoms. The van der Waals surface area contributed by atoms with E-state index in [9.17, 15) is 4.79 Å². The molecule has 1 amide bonds. The van der Waals surface area contributed by atoms with Crippen molar-refractivity contribution in [3.8, 4) is 0 Å². The summed E-state index contributed by atoms with van der Waals surface area (Å²) in [6, 6.07) is 2.45. The average Bonchev–Trinajstić information content (AvgIpc) is 3.34. The van der Waals surface area contributed by atoms with Crippen LogP contribution in [-0.4, -0.2) is 33.4 Å². The van der Waals surface area contributed by atoms with Gasteiger partial charge in [-0.3, -0.25) is 14.7 Å². The van der Waals surface area contributed by atoms with E-state index in [0.29, 0.717) is 12.0 Å². The highest BCUT2D eigenvalue weighted by Crippen LogP contribution is 2.50. The van der Waals surface area contributed by atoms with Gasteiger partial charge in [-0.25, -0.2) is 4.98 Å². The van der Waals surface area contributed by atoms with Crippen molar-refractivity contribution >= 4 is 29.7 Å². The van der Waals surface area contributed by atoms with Gasteiger partial charge < -0.3 is 5.32 Å². The zero-order valence-electron chi connectivity index (χ0n) is 14.1. The summed E-state index contributed by atoms with van der Waals surface area (Å²) in [5.74, 6) is 0.629. The van der Waals surface area contributed by atoms with Crippen molar-refractivity contribution in [2.24, 2.45) is 10.9 Å². The first-order valence-corrected chi connectivity index (χ1v) is 9.75. The van der Waals surface area contributed by atoms with E-state index in [-0.39, 0.29) is 17.2 Å². The van der Waals surface area contributed by atoms with Crippen LogP contribution in [0.15, 0.2) is 46.2 Å². The fourth-order valence-electron chi connectivity index (χ4n) is 3.50. The third-order valence-electron chi connectivity index (χ3n) is 5.11. The number of rotatable bonds is 3. The lowest BCUT2D eigenvalue weighted by Crippen LogP contribution is -2.41. The topological polar surface area (TPSA) is 57.6 Å². The Hall–Kier alpha value is -2.08. The number of thioether (sulfide) groups is 1. The summed E-state index contributed by atoms with van der Waals surface area (Å²) < 4.78 is 0. The van der Waals surface area contributed by atoms with E-state index in [1.807, 2.05) is 18.3 Å². The summed E-state index contributed by atoms with van der Waals surface area (Å²) in [6.07, 6.45) is 13.2. The van der Waals surface area contributed by atoms with E-state index in [1.165, 1.54) is 12.8 Å². The van der Waals surface area contributed by atoms with Gasteiger partial charge in [0.1, 0.15) is 16.3 Å². The summed E-state index contributed by atoms with van der Waals surface area (Å²) in [6.45, 7) is 2.18. The molecule has 0 aromatic carbocycles. The zero-order valence-corrected chi connectivity index (χ0v) is 14.9. The molecule has 4 aliphatic rings. The number of amides is 1. The number of carbonyl (C=O) groups excluding carboxylic acids is 1.